The van der Waals surface area contributed by atoms with E-state index < -0.39 is 0 Å². The van der Waals surface area contributed by atoms with Crippen LogP contribution in [0.25, 0.3) is 11.0 Å². The number of benzene rings is 2. The summed E-state index contributed by atoms with van der Waals surface area (Å²) in [7, 11) is 0. The molecule has 2 heterocycles. The number of rotatable bonds is 5. The standard InChI is InChI=1S/C21H22N2O2/c24-21(20-13-16-7-3-4-10-19(16)25-20)22-14-17-8-1-2-9-18(17)15-23-11-5-6-12-23/h1-4,7-10,13H,5-6,11-12,14-15H2,(H,22,24)/p+1. The molecule has 4 nitrogen and oxygen atoms in total. The normalized spacial score (nSPS) is 14.9. The van der Waals surface area contributed by atoms with Crippen molar-refractivity contribution < 1.29 is 14.1 Å². The lowest BCUT2D eigenvalue weighted by molar-refractivity contribution is -0.901. The molecule has 25 heavy (non-hydrogen) atoms. The molecule has 1 aliphatic rings. The molecule has 3 aromatic rings. The number of hydrogen-bond acceptors (Lipinski definition) is 2. The summed E-state index contributed by atoms with van der Waals surface area (Å²) in [5.41, 5.74) is 3.25. The summed E-state index contributed by atoms with van der Waals surface area (Å²) in [4.78, 5) is 14.1. The van der Waals surface area contributed by atoms with Crippen LogP contribution in [0.3, 0.4) is 0 Å². The fourth-order valence-electron chi connectivity index (χ4n) is 3.58. The van der Waals surface area contributed by atoms with E-state index >= 15 is 0 Å². The highest BCUT2D eigenvalue weighted by molar-refractivity contribution is 5.96. The number of quaternary nitrogens is 1. The minimum atomic E-state index is -0.167. The van der Waals surface area contributed by atoms with Crippen LogP contribution in [-0.2, 0) is 13.1 Å². The van der Waals surface area contributed by atoms with E-state index in [-0.39, 0.29) is 5.91 Å². The second kappa shape index (κ2) is 7.11. The Hall–Kier alpha value is -2.59. The number of carbonyl (C=O) groups is 1. The summed E-state index contributed by atoms with van der Waals surface area (Å²) in [6.45, 7) is 4.06. The van der Waals surface area contributed by atoms with Crippen LogP contribution < -0.4 is 10.2 Å². The van der Waals surface area contributed by atoms with Crippen molar-refractivity contribution in [1.29, 1.82) is 0 Å². The number of fused-ring (bicyclic) bond motifs is 1. The molecular formula is C21H23N2O2+. The first-order valence-electron chi connectivity index (χ1n) is 8.97. The molecule has 0 aliphatic carbocycles. The second-order valence-electron chi connectivity index (χ2n) is 6.73. The molecule has 1 aliphatic heterocycles. The quantitative estimate of drug-likeness (QED) is 0.753. The molecule has 1 aromatic heterocycles. The van der Waals surface area contributed by atoms with Crippen molar-refractivity contribution in [3.8, 4) is 0 Å². The summed E-state index contributed by atoms with van der Waals surface area (Å²) in [5.74, 6) is 0.198. The van der Waals surface area contributed by atoms with E-state index in [9.17, 15) is 4.79 Å². The van der Waals surface area contributed by atoms with Crippen LogP contribution in [0.4, 0.5) is 0 Å². The van der Waals surface area contributed by atoms with Crippen LogP contribution in [0.1, 0.15) is 34.5 Å². The Balaban J connectivity index is 1.44. The number of carbonyl (C=O) groups excluding carboxylic acids is 1. The SMILES string of the molecule is O=C(NCc1ccccc1C[NH+]1CCCC1)c1cc2ccccc2o1. The van der Waals surface area contributed by atoms with Crippen molar-refractivity contribution in [2.24, 2.45) is 0 Å². The van der Waals surface area contributed by atoms with Gasteiger partial charge in [-0.2, -0.15) is 0 Å². The van der Waals surface area contributed by atoms with Crippen LogP contribution in [0.2, 0.25) is 0 Å². The average molecular weight is 335 g/mol. The Labute approximate surface area is 147 Å². The Kier molecular flexibility index (Phi) is 4.53. The highest BCUT2D eigenvalue weighted by atomic mass is 16.3. The van der Waals surface area contributed by atoms with E-state index in [0.717, 1.165) is 17.5 Å². The van der Waals surface area contributed by atoms with E-state index in [1.807, 2.05) is 30.3 Å². The minimum absolute atomic E-state index is 0.167. The first-order valence-corrected chi connectivity index (χ1v) is 8.97. The molecule has 1 fully saturated rings. The summed E-state index contributed by atoms with van der Waals surface area (Å²) in [6, 6.07) is 17.9. The van der Waals surface area contributed by atoms with Crippen LogP contribution in [0.15, 0.2) is 59.0 Å². The third-order valence-corrected chi connectivity index (χ3v) is 4.96. The maximum atomic E-state index is 12.4. The van der Waals surface area contributed by atoms with Crippen molar-refractivity contribution in [2.45, 2.75) is 25.9 Å². The Morgan fingerprint density at radius 2 is 1.72 bits per heavy atom. The number of likely N-dealkylation sites (tertiary alicyclic amines) is 1. The third-order valence-electron chi connectivity index (χ3n) is 4.96. The molecule has 1 saturated heterocycles. The van der Waals surface area contributed by atoms with Gasteiger partial charge < -0.3 is 14.6 Å². The van der Waals surface area contributed by atoms with Crippen LogP contribution >= 0.6 is 0 Å². The zero-order valence-corrected chi connectivity index (χ0v) is 14.3. The van der Waals surface area contributed by atoms with Gasteiger partial charge in [-0.1, -0.05) is 42.5 Å². The number of para-hydroxylation sites is 1. The van der Waals surface area contributed by atoms with Gasteiger partial charge in [0.15, 0.2) is 5.76 Å². The summed E-state index contributed by atoms with van der Waals surface area (Å²) >= 11 is 0. The van der Waals surface area contributed by atoms with Crippen molar-refractivity contribution in [1.82, 2.24) is 5.32 Å². The first kappa shape index (κ1) is 15.9. The fourth-order valence-corrected chi connectivity index (χ4v) is 3.58. The minimum Gasteiger partial charge on any atom is -0.451 e. The van der Waals surface area contributed by atoms with Gasteiger partial charge in [0.1, 0.15) is 12.1 Å². The van der Waals surface area contributed by atoms with Crippen LogP contribution in [-0.4, -0.2) is 19.0 Å². The highest BCUT2D eigenvalue weighted by Gasteiger charge is 2.18. The molecule has 0 spiro atoms. The van der Waals surface area contributed by atoms with Gasteiger partial charge >= 0.3 is 0 Å². The molecule has 128 valence electrons. The van der Waals surface area contributed by atoms with Crippen molar-refractivity contribution >= 4 is 16.9 Å². The molecule has 0 atom stereocenters. The Bertz CT molecular complexity index is 845. The summed E-state index contributed by atoms with van der Waals surface area (Å²) in [6.07, 6.45) is 2.64. The van der Waals surface area contributed by atoms with Gasteiger partial charge in [0, 0.05) is 30.3 Å². The number of nitrogens with one attached hydrogen (secondary N) is 2. The zero-order chi connectivity index (χ0) is 17.1. The van der Waals surface area contributed by atoms with E-state index in [2.05, 4.69) is 23.5 Å². The topological polar surface area (TPSA) is 46.7 Å². The maximum Gasteiger partial charge on any atom is 0.287 e. The number of amides is 1. The predicted molar refractivity (Wildman–Crippen MR) is 97.5 cm³/mol. The van der Waals surface area contributed by atoms with Crippen molar-refractivity contribution in [3.63, 3.8) is 0 Å². The fraction of sp³-hybridized carbons (Fsp3) is 0.286. The molecule has 2 N–H and O–H groups in total. The molecular weight excluding hydrogens is 312 g/mol. The zero-order valence-electron chi connectivity index (χ0n) is 14.3. The van der Waals surface area contributed by atoms with Crippen molar-refractivity contribution in [2.75, 3.05) is 13.1 Å². The van der Waals surface area contributed by atoms with Crippen molar-refractivity contribution in [3.05, 3.63) is 71.5 Å². The molecule has 0 bridgehead atoms. The lowest BCUT2D eigenvalue weighted by Gasteiger charge is -2.15. The second-order valence-corrected chi connectivity index (χ2v) is 6.73. The van der Waals surface area contributed by atoms with E-state index in [0.29, 0.717) is 12.3 Å². The monoisotopic (exact) mass is 335 g/mol. The van der Waals surface area contributed by atoms with Crippen LogP contribution in [0.5, 0.6) is 0 Å². The highest BCUT2D eigenvalue weighted by Crippen LogP contribution is 2.18. The number of hydrogen-bond donors (Lipinski definition) is 2. The van der Waals surface area contributed by atoms with Gasteiger partial charge in [0.2, 0.25) is 0 Å². The van der Waals surface area contributed by atoms with Gasteiger partial charge in [-0.25, -0.2) is 0 Å². The lowest BCUT2D eigenvalue weighted by Crippen LogP contribution is -3.08. The van der Waals surface area contributed by atoms with Crippen LogP contribution in [0, 0.1) is 0 Å². The Morgan fingerprint density at radius 3 is 2.52 bits per heavy atom. The molecule has 1 amide bonds. The molecule has 2 aromatic carbocycles. The smallest absolute Gasteiger partial charge is 0.287 e. The van der Waals surface area contributed by atoms with Gasteiger partial charge in [-0.3, -0.25) is 4.79 Å². The molecule has 4 rings (SSSR count). The lowest BCUT2D eigenvalue weighted by atomic mass is 10.1. The van der Waals surface area contributed by atoms with E-state index in [1.165, 1.54) is 37.1 Å². The largest absolute Gasteiger partial charge is 0.451 e. The molecule has 0 unspecified atom stereocenters. The first-order chi connectivity index (χ1) is 12.3. The molecule has 4 heteroatoms. The Morgan fingerprint density at radius 1 is 1.00 bits per heavy atom. The predicted octanol–water partition coefficient (Wildman–Crippen LogP) is 2.54. The number of furan rings is 1. The van der Waals surface area contributed by atoms with Gasteiger partial charge in [-0.05, 0) is 17.7 Å². The van der Waals surface area contributed by atoms with E-state index in [4.69, 9.17) is 4.42 Å². The van der Waals surface area contributed by atoms with Gasteiger partial charge in [0.05, 0.1) is 13.1 Å². The van der Waals surface area contributed by atoms with E-state index in [1.54, 1.807) is 11.0 Å². The molecule has 0 saturated carbocycles. The summed E-state index contributed by atoms with van der Waals surface area (Å²) in [5, 5.41) is 3.95. The molecule has 0 radical (unpaired) electrons. The third kappa shape index (κ3) is 3.59. The van der Waals surface area contributed by atoms with Gasteiger partial charge in [0.25, 0.3) is 5.91 Å². The average Bonchev–Trinajstić information content (AvgIpc) is 3.30. The maximum absolute atomic E-state index is 12.4. The van der Waals surface area contributed by atoms with Gasteiger partial charge in [-0.15, -0.1) is 0 Å². The summed E-state index contributed by atoms with van der Waals surface area (Å²) < 4.78 is 5.64.